The lowest BCUT2D eigenvalue weighted by molar-refractivity contribution is 0.0953. The molecule has 2 saturated heterocycles. The molecule has 0 spiro atoms. The van der Waals surface area contributed by atoms with Gasteiger partial charge in [0.2, 0.25) is 0 Å². The van der Waals surface area contributed by atoms with Crippen molar-refractivity contribution in [3.8, 4) is 0 Å². The first-order valence-corrected chi connectivity index (χ1v) is 10.4. The Morgan fingerprint density at radius 3 is 3.04 bits per heavy atom. The quantitative estimate of drug-likeness (QED) is 0.826. The van der Waals surface area contributed by atoms with Crippen molar-refractivity contribution in [2.45, 2.75) is 49.7 Å². The summed E-state index contributed by atoms with van der Waals surface area (Å²) in [4.78, 5) is 12.2. The van der Waals surface area contributed by atoms with Crippen molar-refractivity contribution in [1.82, 2.24) is 14.5 Å². The number of pyridine rings is 1. The van der Waals surface area contributed by atoms with Crippen LogP contribution >= 0.6 is 11.8 Å². The molecule has 136 valence electrons. The molecule has 0 aliphatic carbocycles. The number of thioether (sulfide) groups is 1. The highest BCUT2D eigenvalue weighted by molar-refractivity contribution is 8.14. The molecule has 26 heavy (non-hydrogen) atoms. The van der Waals surface area contributed by atoms with E-state index < -0.39 is 0 Å². The number of hydrogen-bond donors (Lipinski definition) is 0. The van der Waals surface area contributed by atoms with E-state index in [-0.39, 0.29) is 12.1 Å². The van der Waals surface area contributed by atoms with Crippen LogP contribution in [0.2, 0.25) is 0 Å². The lowest BCUT2D eigenvalue weighted by Gasteiger charge is -2.28. The highest BCUT2D eigenvalue weighted by atomic mass is 32.2. The van der Waals surface area contributed by atoms with Gasteiger partial charge in [0.15, 0.2) is 5.17 Å². The molecule has 5 nitrogen and oxygen atoms in total. The molecular weight excluding hydrogens is 344 g/mol. The molecule has 2 fully saturated rings. The first-order chi connectivity index (χ1) is 12.8. The standard InChI is InChI=1S/C20H24N4OS/c1-14-12-24-19(17-8-4-10-23(17)13-15-6-5-11-25-15)18(22-20(24)26-14)16-7-2-3-9-21-16/h2-4,7-10,14-15,18-19H,5-6,11-13H2,1H3/t14-,15+,18+,19+/m1/s1. The highest BCUT2D eigenvalue weighted by Gasteiger charge is 2.44. The summed E-state index contributed by atoms with van der Waals surface area (Å²) in [5.41, 5.74) is 2.38. The van der Waals surface area contributed by atoms with Crippen molar-refractivity contribution in [3.05, 3.63) is 54.1 Å². The molecule has 3 aliphatic heterocycles. The van der Waals surface area contributed by atoms with Crippen LogP contribution in [-0.4, -0.2) is 44.1 Å². The van der Waals surface area contributed by atoms with Gasteiger partial charge < -0.3 is 14.2 Å². The Bertz CT molecular complexity index is 799. The average molecular weight is 369 g/mol. The number of rotatable bonds is 4. The molecule has 0 saturated carbocycles. The van der Waals surface area contributed by atoms with Crippen LogP contribution in [-0.2, 0) is 11.3 Å². The van der Waals surface area contributed by atoms with Crippen LogP contribution in [0, 0.1) is 0 Å². The molecule has 2 aromatic heterocycles. The maximum absolute atomic E-state index is 5.88. The molecule has 0 aromatic carbocycles. The fraction of sp³-hybridized carbons (Fsp3) is 0.500. The van der Waals surface area contributed by atoms with Crippen LogP contribution in [0.15, 0.2) is 47.7 Å². The van der Waals surface area contributed by atoms with E-state index >= 15 is 0 Å². The van der Waals surface area contributed by atoms with Gasteiger partial charge in [-0.2, -0.15) is 0 Å². The van der Waals surface area contributed by atoms with Crippen molar-refractivity contribution < 1.29 is 4.74 Å². The number of hydrogen-bond acceptors (Lipinski definition) is 5. The summed E-state index contributed by atoms with van der Waals surface area (Å²) in [6.07, 6.45) is 6.73. The lowest BCUT2D eigenvalue weighted by Crippen LogP contribution is -2.31. The average Bonchev–Trinajstić information content (AvgIpc) is 3.41. The van der Waals surface area contributed by atoms with Gasteiger partial charge in [0.1, 0.15) is 6.04 Å². The number of aliphatic imine (C=N–C) groups is 1. The first kappa shape index (κ1) is 16.4. The molecular formula is C20H24N4OS. The van der Waals surface area contributed by atoms with Gasteiger partial charge in [-0.15, -0.1) is 0 Å². The number of ether oxygens (including phenoxy) is 1. The van der Waals surface area contributed by atoms with E-state index in [0.29, 0.717) is 11.4 Å². The third-order valence-electron chi connectivity index (χ3n) is 5.47. The van der Waals surface area contributed by atoms with Gasteiger partial charge in [-0.25, -0.2) is 0 Å². The molecule has 0 N–H and O–H groups in total. The van der Waals surface area contributed by atoms with Crippen molar-refractivity contribution in [2.75, 3.05) is 13.2 Å². The predicted molar refractivity (Wildman–Crippen MR) is 104 cm³/mol. The maximum Gasteiger partial charge on any atom is 0.160 e. The van der Waals surface area contributed by atoms with Crippen molar-refractivity contribution in [3.63, 3.8) is 0 Å². The van der Waals surface area contributed by atoms with Gasteiger partial charge in [0.05, 0.1) is 17.8 Å². The molecule has 2 aromatic rings. The largest absolute Gasteiger partial charge is 0.376 e. The predicted octanol–water partition coefficient (Wildman–Crippen LogP) is 3.65. The number of nitrogens with zero attached hydrogens (tertiary/aromatic N) is 4. The van der Waals surface area contributed by atoms with Crippen molar-refractivity contribution in [1.29, 1.82) is 0 Å². The summed E-state index contributed by atoms with van der Waals surface area (Å²) in [5.74, 6) is 0. The minimum Gasteiger partial charge on any atom is -0.376 e. The molecule has 5 heterocycles. The zero-order valence-electron chi connectivity index (χ0n) is 15.0. The van der Waals surface area contributed by atoms with Crippen LogP contribution in [0.1, 0.15) is 43.2 Å². The van der Waals surface area contributed by atoms with E-state index in [0.717, 1.165) is 31.8 Å². The van der Waals surface area contributed by atoms with E-state index in [4.69, 9.17) is 9.73 Å². The number of fused-ring (bicyclic) bond motifs is 1. The first-order valence-electron chi connectivity index (χ1n) is 9.48. The van der Waals surface area contributed by atoms with Crippen LogP contribution in [0.25, 0.3) is 0 Å². The van der Waals surface area contributed by atoms with Crippen LogP contribution in [0.3, 0.4) is 0 Å². The summed E-state index contributed by atoms with van der Waals surface area (Å²) in [6, 6.07) is 10.8. The third kappa shape index (κ3) is 2.85. The van der Waals surface area contributed by atoms with Gasteiger partial charge in [-0.1, -0.05) is 24.8 Å². The zero-order valence-corrected chi connectivity index (χ0v) is 15.8. The third-order valence-corrected chi connectivity index (χ3v) is 6.58. The van der Waals surface area contributed by atoms with E-state index in [2.05, 4.69) is 51.8 Å². The lowest BCUT2D eigenvalue weighted by atomic mass is 10.0. The highest BCUT2D eigenvalue weighted by Crippen LogP contribution is 2.47. The summed E-state index contributed by atoms with van der Waals surface area (Å²) in [7, 11) is 0. The Labute approximate surface area is 158 Å². The normalized spacial score (nSPS) is 30.7. The molecule has 6 heteroatoms. The van der Waals surface area contributed by atoms with Gasteiger partial charge in [-0.3, -0.25) is 9.98 Å². The fourth-order valence-corrected chi connectivity index (χ4v) is 5.40. The molecule has 4 atom stereocenters. The molecule has 3 aliphatic rings. The van der Waals surface area contributed by atoms with E-state index in [1.165, 1.54) is 17.3 Å². The Kier molecular flexibility index (Phi) is 4.25. The second-order valence-electron chi connectivity index (χ2n) is 7.36. The topological polar surface area (TPSA) is 42.7 Å². The fourth-order valence-electron chi connectivity index (χ4n) is 4.31. The number of amidine groups is 1. The van der Waals surface area contributed by atoms with Gasteiger partial charge in [0, 0.05) is 43.0 Å². The minimum absolute atomic E-state index is 0.0596. The minimum atomic E-state index is 0.0596. The Morgan fingerprint density at radius 2 is 2.23 bits per heavy atom. The second kappa shape index (κ2) is 6.74. The van der Waals surface area contributed by atoms with Gasteiger partial charge in [0.25, 0.3) is 0 Å². The van der Waals surface area contributed by atoms with Gasteiger partial charge >= 0.3 is 0 Å². The van der Waals surface area contributed by atoms with Crippen molar-refractivity contribution >= 4 is 16.9 Å². The van der Waals surface area contributed by atoms with Crippen molar-refractivity contribution in [2.24, 2.45) is 4.99 Å². The van der Waals surface area contributed by atoms with E-state index in [1.54, 1.807) is 0 Å². The summed E-state index contributed by atoms with van der Waals surface area (Å²) in [6.45, 7) is 5.15. The smallest absolute Gasteiger partial charge is 0.160 e. The Hall–Kier alpha value is -1.79. The Balaban J connectivity index is 1.50. The zero-order chi connectivity index (χ0) is 17.5. The van der Waals surface area contributed by atoms with Crippen LogP contribution in [0.4, 0.5) is 0 Å². The summed E-state index contributed by atoms with van der Waals surface area (Å²) < 4.78 is 8.26. The molecule has 0 unspecified atom stereocenters. The second-order valence-corrected chi connectivity index (χ2v) is 8.76. The summed E-state index contributed by atoms with van der Waals surface area (Å²) in [5, 5.41) is 1.76. The molecule has 0 bridgehead atoms. The number of aromatic nitrogens is 2. The van der Waals surface area contributed by atoms with E-state index in [9.17, 15) is 0 Å². The van der Waals surface area contributed by atoms with E-state index in [1.807, 2.05) is 24.0 Å². The molecule has 0 amide bonds. The maximum atomic E-state index is 5.88. The molecule has 5 rings (SSSR count). The van der Waals surface area contributed by atoms with Crippen LogP contribution in [0.5, 0.6) is 0 Å². The SMILES string of the molecule is C[C@@H]1CN2C(=N[C@@H](c3ccccn3)[C@@H]2c2cccn2C[C@@H]2CCCO2)S1. The monoisotopic (exact) mass is 368 g/mol. The van der Waals surface area contributed by atoms with Gasteiger partial charge in [-0.05, 0) is 37.1 Å². The summed E-state index contributed by atoms with van der Waals surface area (Å²) >= 11 is 1.89. The Morgan fingerprint density at radius 1 is 1.27 bits per heavy atom. The van der Waals surface area contributed by atoms with Crippen LogP contribution < -0.4 is 0 Å². The molecule has 0 radical (unpaired) electrons.